The van der Waals surface area contributed by atoms with Crippen LogP contribution in [-0.2, 0) is 0 Å². The summed E-state index contributed by atoms with van der Waals surface area (Å²) in [7, 11) is 0. The lowest BCUT2D eigenvalue weighted by Crippen LogP contribution is -2.18. The lowest BCUT2D eigenvalue weighted by atomic mass is 10.1. The van der Waals surface area contributed by atoms with Crippen molar-refractivity contribution in [1.82, 2.24) is 10.4 Å². The van der Waals surface area contributed by atoms with Crippen molar-refractivity contribution < 1.29 is 4.79 Å². The molecule has 0 atom stereocenters. The Morgan fingerprint density at radius 3 is 2.84 bits per heavy atom. The highest BCUT2D eigenvalue weighted by atomic mass is 35.5. The van der Waals surface area contributed by atoms with E-state index < -0.39 is 0 Å². The number of nitrogens with zero attached hydrogens (tertiary/aromatic N) is 2. The van der Waals surface area contributed by atoms with E-state index in [2.05, 4.69) is 15.5 Å². The van der Waals surface area contributed by atoms with Crippen molar-refractivity contribution in [3.63, 3.8) is 0 Å². The second-order valence-electron chi connectivity index (χ2n) is 3.90. The van der Waals surface area contributed by atoms with E-state index in [-0.39, 0.29) is 11.1 Å². The molecule has 0 saturated carbocycles. The lowest BCUT2D eigenvalue weighted by Gasteiger charge is -2.01. The van der Waals surface area contributed by atoms with Gasteiger partial charge in [-0.05, 0) is 30.2 Å². The fourth-order valence-electron chi connectivity index (χ4n) is 1.51. The van der Waals surface area contributed by atoms with Crippen molar-refractivity contribution in [2.24, 2.45) is 5.10 Å². The highest BCUT2D eigenvalue weighted by molar-refractivity contribution is 6.32. The first kappa shape index (κ1) is 13.2. The molecule has 0 spiro atoms. The van der Waals surface area contributed by atoms with Crippen molar-refractivity contribution in [1.29, 1.82) is 0 Å². The summed E-state index contributed by atoms with van der Waals surface area (Å²) >= 11 is 5.82. The van der Waals surface area contributed by atoms with Gasteiger partial charge in [0.15, 0.2) is 0 Å². The number of amides is 1. The molecule has 1 N–H and O–H groups in total. The van der Waals surface area contributed by atoms with E-state index in [0.717, 1.165) is 11.1 Å². The maximum atomic E-state index is 11.8. The third-order valence-electron chi connectivity index (χ3n) is 2.56. The number of hydrogen-bond acceptors (Lipinski definition) is 3. The molecule has 0 saturated heterocycles. The zero-order chi connectivity index (χ0) is 13.7. The number of rotatable bonds is 3. The van der Waals surface area contributed by atoms with Gasteiger partial charge >= 0.3 is 0 Å². The molecule has 0 aliphatic carbocycles. The molecule has 1 heterocycles. The molecule has 0 aliphatic rings. The predicted octanol–water partition coefficient (Wildman–Crippen LogP) is 2.81. The van der Waals surface area contributed by atoms with Crippen LogP contribution in [0.25, 0.3) is 0 Å². The first-order valence-corrected chi connectivity index (χ1v) is 6.06. The summed E-state index contributed by atoms with van der Waals surface area (Å²) in [5.41, 5.74) is 4.75. The van der Waals surface area contributed by atoms with Crippen molar-refractivity contribution in [3.05, 3.63) is 64.4 Å². The van der Waals surface area contributed by atoms with Crippen LogP contribution in [0.4, 0.5) is 0 Å². The fraction of sp³-hybridized carbons (Fsp3) is 0.0714. The van der Waals surface area contributed by atoms with Crippen LogP contribution < -0.4 is 5.43 Å². The van der Waals surface area contributed by atoms with Gasteiger partial charge in [0.05, 0.1) is 11.8 Å². The van der Waals surface area contributed by atoms with E-state index in [4.69, 9.17) is 11.6 Å². The number of pyridine rings is 1. The van der Waals surface area contributed by atoms with Crippen LogP contribution in [0.15, 0.2) is 47.7 Å². The minimum Gasteiger partial charge on any atom is -0.267 e. The van der Waals surface area contributed by atoms with Crippen LogP contribution in [0.1, 0.15) is 21.5 Å². The van der Waals surface area contributed by atoms with E-state index >= 15 is 0 Å². The Morgan fingerprint density at radius 1 is 1.32 bits per heavy atom. The minimum absolute atomic E-state index is 0.158. The van der Waals surface area contributed by atoms with Gasteiger partial charge in [0, 0.05) is 6.20 Å². The number of aromatic nitrogens is 1. The van der Waals surface area contributed by atoms with E-state index in [1.165, 1.54) is 6.20 Å². The van der Waals surface area contributed by atoms with Gasteiger partial charge in [-0.1, -0.05) is 35.9 Å². The van der Waals surface area contributed by atoms with Crippen molar-refractivity contribution in [3.8, 4) is 0 Å². The number of nitrogens with one attached hydrogen (secondary N) is 1. The van der Waals surface area contributed by atoms with Crippen LogP contribution in [0.2, 0.25) is 5.15 Å². The number of halogens is 1. The summed E-state index contributed by atoms with van der Waals surface area (Å²) in [6.07, 6.45) is 3.12. The van der Waals surface area contributed by atoms with E-state index in [1.807, 2.05) is 31.2 Å². The summed E-state index contributed by atoms with van der Waals surface area (Å²) in [6.45, 7) is 1.97. The summed E-state index contributed by atoms with van der Waals surface area (Å²) in [5, 5.41) is 4.07. The molecule has 0 radical (unpaired) electrons. The molecular weight excluding hydrogens is 262 g/mol. The lowest BCUT2D eigenvalue weighted by molar-refractivity contribution is 0.0955. The number of benzene rings is 1. The molecule has 19 heavy (non-hydrogen) atoms. The standard InChI is InChI=1S/C14H12ClN3O/c1-10-5-2-3-6-11(10)9-17-18-14(19)12-7-4-8-16-13(12)15/h2-9H,1H3,(H,18,19)/b17-9+. The normalized spacial score (nSPS) is 10.6. The first-order valence-electron chi connectivity index (χ1n) is 5.68. The number of carbonyl (C=O) groups excluding carboxylic acids is 1. The molecular formula is C14H12ClN3O. The predicted molar refractivity (Wildman–Crippen MR) is 75.5 cm³/mol. The van der Waals surface area contributed by atoms with Crippen molar-refractivity contribution in [2.45, 2.75) is 6.92 Å². The van der Waals surface area contributed by atoms with Gasteiger partial charge in [0.1, 0.15) is 5.15 Å². The summed E-state index contributed by atoms with van der Waals surface area (Å²) in [4.78, 5) is 15.6. The van der Waals surface area contributed by atoms with Crippen LogP contribution in [0.5, 0.6) is 0 Å². The van der Waals surface area contributed by atoms with Crippen LogP contribution in [0, 0.1) is 6.92 Å². The van der Waals surface area contributed by atoms with Crippen LogP contribution in [0.3, 0.4) is 0 Å². The molecule has 0 aliphatic heterocycles. The Morgan fingerprint density at radius 2 is 2.11 bits per heavy atom. The Bertz CT molecular complexity index is 626. The topological polar surface area (TPSA) is 54.4 Å². The average Bonchev–Trinajstić information content (AvgIpc) is 2.41. The first-order chi connectivity index (χ1) is 9.18. The number of hydrogen-bond donors (Lipinski definition) is 1. The second-order valence-corrected chi connectivity index (χ2v) is 4.26. The Labute approximate surface area is 116 Å². The summed E-state index contributed by atoms with van der Waals surface area (Å²) < 4.78 is 0. The highest BCUT2D eigenvalue weighted by Crippen LogP contribution is 2.10. The zero-order valence-electron chi connectivity index (χ0n) is 10.3. The molecule has 2 rings (SSSR count). The molecule has 0 fully saturated rings. The largest absolute Gasteiger partial charge is 0.274 e. The monoisotopic (exact) mass is 273 g/mol. The van der Waals surface area contributed by atoms with Crippen LogP contribution >= 0.6 is 11.6 Å². The Hall–Kier alpha value is -2.20. The molecule has 1 aromatic carbocycles. The van der Waals surface area contributed by atoms with Gasteiger partial charge in [-0.15, -0.1) is 0 Å². The van der Waals surface area contributed by atoms with Gasteiger partial charge in [-0.2, -0.15) is 5.10 Å². The van der Waals surface area contributed by atoms with Crippen molar-refractivity contribution in [2.75, 3.05) is 0 Å². The van der Waals surface area contributed by atoms with Gasteiger partial charge in [-0.25, -0.2) is 10.4 Å². The fourth-order valence-corrected chi connectivity index (χ4v) is 1.71. The van der Waals surface area contributed by atoms with Crippen LogP contribution in [-0.4, -0.2) is 17.1 Å². The third-order valence-corrected chi connectivity index (χ3v) is 2.86. The molecule has 96 valence electrons. The molecule has 5 heteroatoms. The average molecular weight is 274 g/mol. The molecule has 1 amide bonds. The minimum atomic E-state index is -0.386. The molecule has 0 bridgehead atoms. The number of hydrazone groups is 1. The van der Waals surface area contributed by atoms with E-state index in [9.17, 15) is 4.79 Å². The molecule has 4 nitrogen and oxygen atoms in total. The smallest absolute Gasteiger partial charge is 0.267 e. The van der Waals surface area contributed by atoms with Crippen molar-refractivity contribution >= 4 is 23.7 Å². The number of aryl methyl sites for hydroxylation is 1. The van der Waals surface area contributed by atoms with Gasteiger partial charge in [0.2, 0.25) is 0 Å². The van der Waals surface area contributed by atoms with Gasteiger partial charge < -0.3 is 0 Å². The highest BCUT2D eigenvalue weighted by Gasteiger charge is 2.08. The molecule has 0 unspecified atom stereocenters. The quantitative estimate of drug-likeness (QED) is 0.531. The van der Waals surface area contributed by atoms with Gasteiger partial charge in [-0.3, -0.25) is 4.79 Å². The summed E-state index contributed by atoms with van der Waals surface area (Å²) in [6, 6.07) is 11.0. The maximum absolute atomic E-state index is 11.8. The van der Waals surface area contributed by atoms with E-state index in [1.54, 1.807) is 18.3 Å². The van der Waals surface area contributed by atoms with E-state index in [0.29, 0.717) is 5.56 Å². The second kappa shape index (κ2) is 6.11. The SMILES string of the molecule is Cc1ccccc1/C=N/NC(=O)c1cccnc1Cl. The Kier molecular flexibility index (Phi) is 4.26. The molecule has 2 aromatic rings. The Balaban J connectivity index is 2.06. The molecule has 1 aromatic heterocycles. The van der Waals surface area contributed by atoms with Gasteiger partial charge in [0.25, 0.3) is 5.91 Å². The third kappa shape index (κ3) is 3.39. The number of carbonyl (C=O) groups is 1. The maximum Gasteiger partial charge on any atom is 0.274 e. The zero-order valence-corrected chi connectivity index (χ0v) is 11.1. The summed E-state index contributed by atoms with van der Waals surface area (Å²) in [5.74, 6) is -0.386.